The second kappa shape index (κ2) is 6.80. The molecule has 1 fully saturated rings. The first-order chi connectivity index (χ1) is 11.4. The van der Waals surface area contributed by atoms with E-state index >= 15 is 0 Å². The number of amides is 1. The van der Waals surface area contributed by atoms with Crippen LogP contribution in [0.25, 0.3) is 0 Å². The number of nitrogens with zero attached hydrogens (tertiary/aromatic N) is 1. The SMILES string of the molecule is CN(C(=O)Cc1cc(Cl)c2c(c1)OCCCO2)[C@@H]1CCS(=O)(=O)C1. The number of carbonyl (C=O) groups is 1. The van der Waals surface area contributed by atoms with Crippen LogP contribution in [-0.4, -0.2) is 57.0 Å². The van der Waals surface area contributed by atoms with Crippen molar-refractivity contribution in [3.8, 4) is 11.5 Å². The number of halogens is 1. The minimum Gasteiger partial charge on any atom is -0.489 e. The van der Waals surface area contributed by atoms with Crippen molar-refractivity contribution in [1.29, 1.82) is 0 Å². The molecule has 132 valence electrons. The average Bonchev–Trinajstić information content (AvgIpc) is 2.72. The molecule has 0 N–H and O–H groups in total. The topological polar surface area (TPSA) is 72.9 Å². The zero-order chi connectivity index (χ0) is 17.3. The van der Waals surface area contributed by atoms with Gasteiger partial charge in [-0.1, -0.05) is 11.6 Å². The highest BCUT2D eigenvalue weighted by atomic mass is 35.5. The highest BCUT2D eigenvalue weighted by Gasteiger charge is 2.32. The van der Waals surface area contributed by atoms with E-state index in [9.17, 15) is 13.2 Å². The van der Waals surface area contributed by atoms with Gasteiger partial charge in [-0.25, -0.2) is 8.42 Å². The molecule has 1 aromatic rings. The first kappa shape index (κ1) is 17.4. The molecule has 0 unspecified atom stereocenters. The summed E-state index contributed by atoms with van der Waals surface area (Å²) in [6.07, 6.45) is 1.41. The quantitative estimate of drug-likeness (QED) is 0.806. The molecule has 0 saturated carbocycles. The van der Waals surface area contributed by atoms with Crippen molar-refractivity contribution >= 4 is 27.3 Å². The van der Waals surface area contributed by atoms with Gasteiger partial charge >= 0.3 is 0 Å². The maximum absolute atomic E-state index is 12.5. The maximum Gasteiger partial charge on any atom is 0.227 e. The molecule has 1 aromatic carbocycles. The van der Waals surface area contributed by atoms with E-state index in [1.54, 1.807) is 19.2 Å². The Morgan fingerprint density at radius 2 is 2.08 bits per heavy atom. The van der Waals surface area contributed by atoms with E-state index in [4.69, 9.17) is 21.1 Å². The molecule has 6 nitrogen and oxygen atoms in total. The van der Waals surface area contributed by atoms with Crippen LogP contribution in [0.2, 0.25) is 5.02 Å². The summed E-state index contributed by atoms with van der Waals surface area (Å²) >= 11 is 6.24. The van der Waals surface area contributed by atoms with Crippen molar-refractivity contribution < 1.29 is 22.7 Å². The van der Waals surface area contributed by atoms with E-state index in [0.29, 0.717) is 36.2 Å². The minimum absolute atomic E-state index is 0.0388. The molecule has 0 spiro atoms. The number of carbonyl (C=O) groups excluding carboxylic acids is 1. The van der Waals surface area contributed by atoms with Gasteiger partial charge in [-0.3, -0.25) is 4.79 Å². The fraction of sp³-hybridized carbons (Fsp3) is 0.562. The third kappa shape index (κ3) is 3.78. The first-order valence-corrected chi connectivity index (χ1v) is 10.1. The van der Waals surface area contributed by atoms with Crippen LogP contribution in [0.15, 0.2) is 12.1 Å². The molecule has 0 aliphatic carbocycles. The van der Waals surface area contributed by atoms with Gasteiger partial charge in [-0.2, -0.15) is 0 Å². The van der Waals surface area contributed by atoms with Gasteiger partial charge in [0.15, 0.2) is 21.3 Å². The monoisotopic (exact) mass is 373 g/mol. The molecule has 0 bridgehead atoms. The molecule has 1 saturated heterocycles. The predicted octanol–water partition coefficient (Wildman–Crippen LogP) is 1.69. The van der Waals surface area contributed by atoms with Gasteiger partial charge in [0.25, 0.3) is 0 Å². The van der Waals surface area contributed by atoms with E-state index in [-0.39, 0.29) is 29.9 Å². The van der Waals surface area contributed by atoms with Crippen molar-refractivity contribution in [3.05, 3.63) is 22.7 Å². The Bertz CT molecular complexity index is 749. The number of sulfone groups is 1. The molecule has 0 radical (unpaired) electrons. The van der Waals surface area contributed by atoms with Crippen LogP contribution in [0.5, 0.6) is 11.5 Å². The Morgan fingerprint density at radius 3 is 2.79 bits per heavy atom. The average molecular weight is 374 g/mol. The fourth-order valence-electron chi connectivity index (χ4n) is 2.97. The van der Waals surface area contributed by atoms with Gasteiger partial charge in [0.05, 0.1) is 36.2 Å². The van der Waals surface area contributed by atoms with E-state index < -0.39 is 9.84 Å². The third-order valence-electron chi connectivity index (χ3n) is 4.37. The Morgan fingerprint density at radius 1 is 1.33 bits per heavy atom. The summed E-state index contributed by atoms with van der Waals surface area (Å²) in [5.74, 6) is 1.11. The summed E-state index contributed by atoms with van der Waals surface area (Å²) in [6.45, 7) is 1.09. The van der Waals surface area contributed by atoms with E-state index in [1.807, 2.05) is 0 Å². The summed E-state index contributed by atoms with van der Waals surface area (Å²) in [6, 6.07) is 3.22. The molecule has 2 aliphatic heterocycles. The lowest BCUT2D eigenvalue weighted by Gasteiger charge is -2.23. The van der Waals surface area contributed by atoms with Crippen LogP contribution < -0.4 is 9.47 Å². The van der Waals surface area contributed by atoms with E-state index in [0.717, 1.165) is 12.0 Å². The molecule has 1 amide bonds. The zero-order valence-corrected chi connectivity index (χ0v) is 15.0. The van der Waals surface area contributed by atoms with Crippen LogP contribution >= 0.6 is 11.6 Å². The molecule has 24 heavy (non-hydrogen) atoms. The molecule has 2 heterocycles. The first-order valence-electron chi connectivity index (χ1n) is 7.90. The number of fused-ring (bicyclic) bond motifs is 1. The van der Waals surface area contributed by atoms with Crippen LogP contribution in [0.4, 0.5) is 0 Å². The summed E-state index contributed by atoms with van der Waals surface area (Å²) in [5, 5.41) is 0.420. The smallest absolute Gasteiger partial charge is 0.227 e. The third-order valence-corrected chi connectivity index (χ3v) is 6.40. The van der Waals surface area contributed by atoms with Gasteiger partial charge in [0, 0.05) is 19.5 Å². The van der Waals surface area contributed by atoms with Gasteiger partial charge in [0.2, 0.25) is 5.91 Å². The fourth-order valence-corrected chi connectivity index (χ4v) is 5.03. The maximum atomic E-state index is 12.5. The molecular weight excluding hydrogens is 354 g/mol. The molecule has 2 aliphatic rings. The van der Waals surface area contributed by atoms with Gasteiger partial charge in [0.1, 0.15) is 0 Å². The highest BCUT2D eigenvalue weighted by Crippen LogP contribution is 2.38. The Balaban J connectivity index is 1.72. The van der Waals surface area contributed by atoms with E-state index in [2.05, 4.69) is 0 Å². The van der Waals surface area contributed by atoms with Crippen molar-refractivity contribution in [3.63, 3.8) is 0 Å². The lowest BCUT2D eigenvalue weighted by atomic mass is 10.1. The second-order valence-electron chi connectivity index (χ2n) is 6.19. The van der Waals surface area contributed by atoms with Crippen LogP contribution in [0.3, 0.4) is 0 Å². The van der Waals surface area contributed by atoms with Crippen molar-refractivity contribution in [2.24, 2.45) is 0 Å². The number of hydrogen-bond acceptors (Lipinski definition) is 5. The lowest BCUT2D eigenvalue weighted by molar-refractivity contribution is -0.130. The van der Waals surface area contributed by atoms with Crippen molar-refractivity contribution in [2.45, 2.75) is 25.3 Å². The normalized spacial score (nSPS) is 22.0. The largest absolute Gasteiger partial charge is 0.489 e. The summed E-state index contributed by atoms with van der Waals surface area (Å²) in [7, 11) is -1.37. The predicted molar refractivity (Wildman–Crippen MR) is 90.6 cm³/mol. The summed E-state index contributed by atoms with van der Waals surface area (Å²) < 4.78 is 34.4. The molecule has 3 rings (SSSR count). The number of ether oxygens (including phenoxy) is 2. The summed E-state index contributed by atoms with van der Waals surface area (Å²) in [5.41, 5.74) is 0.724. The van der Waals surface area contributed by atoms with Gasteiger partial charge in [-0.05, 0) is 24.1 Å². The molecule has 0 aromatic heterocycles. The minimum atomic E-state index is -3.02. The van der Waals surface area contributed by atoms with Crippen LogP contribution in [0, 0.1) is 0 Å². The number of benzene rings is 1. The van der Waals surface area contributed by atoms with Crippen molar-refractivity contribution in [1.82, 2.24) is 4.90 Å². The lowest BCUT2D eigenvalue weighted by Crippen LogP contribution is -2.38. The Kier molecular flexibility index (Phi) is 4.92. The standard InChI is InChI=1S/C16H20ClNO5S/c1-18(12-3-6-24(20,21)10-12)15(19)9-11-7-13(17)16-14(8-11)22-4-2-5-23-16/h7-8,12H,2-6,9-10H2,1H3/t12-/m1/s1. The second-order valence-corrected chi connectivity index (χ2v) is 8.83. The molecule has 8 heteroatoms. The highest BCUT2D eigenvalue weighted by molar-refractivity contribution is 7.91. The number of likely N-dealkylation sites (N-methyl/N-ethyl adjacent to an activating group) is 1. The van der Waals surface area contributed by atoms with Crippen LogP contribution in [-0.2, 0) is 21.1 Å². The Hall–Kier alpha value is -1.47. The number of hydrogen-bond donors (Lipinski definition) is 0. The van der Waals surface area contributed by atoms with Crippen LogP contribution in [0.1, 0.15) is 18.4 Å². The molecule has 1 atom stereocenters. The number of rotatable bonds is 3. The Labute approximate surface area is 146 Å². The van der Waals surface area contributed by atoms with E-state index in [1.165, 1.54) is 4.90 Å². The molecular formula is C16H20ClNO5S. The zero-order valence-electron chi connectivity index (χ0n) is 13.5. The van der Waals surface area contributed by atoms with Gasteiger partial charge in [-0.15, -0.1) is 0 Å². The van der Waals surface area contributed by atoms with Crippen molar-refractivity contribution in [2.75, 3.05) is 31.8 Å². The summed E-state index contributed by atoms with van der Waals surface area (Å²) in [4.78, 5) is 14.0. The van der Waals surface area contributed by atoms with Gasteiger partial charge < -0.3 is 14.4 Å².